The summed E-state index contributed by atoms with van der Waals surface area (Å²) in [6, 6.07) is 0. The van der Waals surface area contributed by atoms with Gasteiger partial charge in [0.1, 0.15) is 5.41 Å². The third-order valence-electron chi connectivity index (χ3n) is 7.76. The van der Waals surface area contributed by atoms with Gasteiger partial charge in [-0.05, 0) is 63.2 Å². The minimum absolute atomic E-state index is 0.0482. The molecule has 0 aliphatic heterocycles. The summed E-state index contributed by atoms with van der Waals surface area (Å²) in [5, 5.41) is 15.8. The number of aryl methyl sites for hydroxylation is 1. The number of hydroxylamine groups is 2. The average Bonchev–Trinajstić information content (AvgIpc) is 3.11. The van der Waals surface area contributed by atoms with Crippen LogP contribution >= 0.6 is 11.3 Å². The molecule has 3 saturated carbocycles. The molecule has 2 amide bonds. The van der Waals surface area contributed by atoms with E-state index in [4.69, 9.17) is 0 Å². The lowest BCUT2D eigenvalue weighted by Gasteiger charge is -2.32. The number of anilines is 1. The predicted octanol–water partition coefficient (Wildman–Crippen LogP) is 4.34. The van der Waals surface area contributed by atoms with Gasteiger partial charge in [-0.2, -0.15) is 0 Å². The fourth-order valence-electron chi connectivity index (χ4n) is 5.74. The van der Waals surface area contributed by atoms with Crippen molar-refractivity contribution in [1.82, 2.24) is 10.0 Å². The van der Waals surface area contributed by atoms with Gasteiger partial charge in [0.25, 0.3) is 0 Å². The Labute approximate surface area is 187 Å². The van der Waals surface area contributed by atoms with Crippen molar-refractivity contribution in [2.24, 2.45) is 22.7 Å². The first-order chi connectivity index (χ1) is 14.9. The van der Waals surface area contributed by atoms with Gasteiger partial charge in [0.05, 0.1) is 12.2 Å². The fraction of sp³-hybridized carbons (Fsp3) is 0.739. The SMILES string of the molecule is Cc1csc(NC(=O)C2(C(=O)C(CCC3CCCC3)CN(O)C=O)CCC3(CC3)C2)n1. The molecule has 170 valence electrons. The Bertz CT molecular complexity index is 831. The van der Waals surface area contributed by atoms with Crippen LogP contribution in [0, 0.1) is 29.6 Å². The van der Waals surface area contributed by atoms with Crippen molar-refractivity contribution in [3.63, 3.8) is 0 Å². The van der Waals surface area contributed by atoms with Crippen molar-refractivity contribution in [2.75, 3.05) is 11.9 Å². The number of carbonyl (C=O) groups is 3. The lowest BCUT2D eigenvalue weighted by Crippen LogP contribution is -2.47. The highest BCUT2D eigenvalue weighted by molar-refractivity contribution is 7.13. The van der Waals surface area contributed by atoms with Crippen LogP contribution < -0.4 is 5.32 Å². The Kier molecular flexibility index (Phi) is 6.49. The van der Waals surface area contributed by atoms with Gasteiger partial charge in [0.15, 0.2) is 10.9 Å². The molecular formula is C23H33N3O4S. The monoisotopic (exact) mass is 447 g/mol. The fourth-order valence-corrected chi connectivity index (χ4v) is 6.43. The van der Waals surface area contributed by atoms with Crippen LogP contribution in [-0.4, -0.2) is 39.9 Å². The smallest absolute Gasteiger partial charge is 0.239 e. The Morgan fingerprint density at radius 2 is 2.03 bits per heavy atom. The van der Waals surface area contributed by atoms with E-state index >= 15 is 0 Å². The molecule has 8 heteroatoms. The molecule has 1 aromatic rings. The van der Waals surface area contributed by atoms with Crippen molar-refractivity contribution in [3.8, 4) is 0 Å². The lowest BCUT2D eigenvalue weighted by atomic mass is 9.73. The van der Waals surface area contributed by atoms with E-state index in [-0.39, 0.29) is 23.7 Å². The zero-order chi connectivity index (χ0) is 22.1. The molecule has 0 saturated heterocycles. The third kappa shape index (κ3) is 4.85. The summed E-state index contributed by atoms with van der Waals surface area (Å²) in [6.45, 7) is 1.82. The number of rotatable bonds is 10. The summed E-state index contributed by atoms with van der Waals surface area (Å²) >= 11 is 1.36. The Morgan fingerprint density at radius 3 is 2.61 bits per heavy atom. The molecule has 1 heterocycles. The van der Waals surface area contributed by atoms with Gasteiger partial charge in [-0.15, -0.1) is 11.3 Å². The largest absolute Gasteiger partial charge is 0.301 e. The van der Waals surface area contributed by atoms with Crippen LogP contribution in [0.15, 0.2) is 5.38 Å². The van der Waals surface area contributed by atoms with Crippen LogP contribution in [0.3, 0.4) is 0 Å². The standard InChI is InChI=1S/C23H33N3O4S/c1-16-13-31-21(24-16)25-20(29)23(11-10-22(14-23)8-9-22)19(28)18(12-26(30)15-27)7-6-17-4-2-3-5-17/h13,15,17-18,30H,2-12,14H2,1H3,(H,24,25,29). The minimum Gasteiger partial charge on any atom is -0.301 e. The second-order valence-electron chi connectivity index (χ2n) is 10.0. The molecule has 0 bridgehead atoms. The molecule has 7 nitrogen and oxygen atoms in total. The van der Waals surface area contributed by atoms with E-state index in [0.29, 0.717) is 41.8 Å². The number of nitrogens with one attached hydrogen (secondary N) is 1. The molecular weight excluding hydrogens is 414 g/mol. The minimum atomic E-state index is -1.10. The first-order valence-electron chi connectivity index (χ1n) is 11.5. The number of nitrogens with zero attached hydrogens (tertiary/aromatic N) is 2. The van der Waals surface area contributed by atoms with Gasteiger partial charge in [0, 0.05) is 11.3 Å². The summed E-state index contributed by atoms with van der Waals surface area (Å²) in [4.78, 5) is 42.9. The highest BCUT2D eigenvalue weighted by atomic mass is 32.1. The van der Waals surface area contributed by atoms with Crippen LogP contribution in [0.5, 0.6) is 0 Å². The summed E-state index contributed by atoms with van der Waals surface area (Å²) in [6.07, 6.45) is 10.8. The predicted molar refractivity (Wildman–Crippen MR) is 118 cm³/mol. The van der Waals surface area contributed by atoms with Crippen LogP contribution in [0.2, 0.25) is 0 Å². The Morgan fingerprint density at radius 1 is 1.32 bits per heavy atom. The van der Waals surface area contributed by atoms with Gasteiger partial charge in [0.2, 0.25) is 12.3 Å². The topological polar surface area (TPSA) is 99.6 Å². The van der Waals surface area contributed by atoms with Gasteiger partial charge < -0.3 is 5.32 Å². The first kappa shape index (κ1) is 22.4. The molecule has 31 heavy (non-hydrogen) atoms. The first-order valence-corrected chi connectivity index (χ1v) is 12.4. The molecule has 2 atom stereocenters. The van der Waals surface area contributed by atoms with Gasteiger partial charge in [-0.25, -0.2) is 10.0 Å². The molecule has 2 N–H and O–H groups in total. The van der Waals surface area contributed by atoms with E-state index in [1.807, 2.05) is 12.3 Å². The molecule has 3 aliphatic carbocycles. The number of hydrogen-bond donors (Lipinski definition) is 2. The van der Waals surface area contributed by atoms with Crippen LogP contribution in [0.25, 0.3) is 0 Å². The van der Waals surface area contributed by atoms with E-state index in [1.165, 1.54) is 37.0 Å². The zero-order valence-electron chi connectivity index (χ0n) is 18.3. The quantitative estimate of drug-likeness (QED) is 0.240. The van der Waals surface area contributed by atoms with Gasteiger partial charge in [-0.3, -0.25) is 19.6 Å². The maximum atomic E-state index is 13.9. The molecule has 3 fully saturated rings. The van der Waals surface area contributed by atoms with E-state index < -0.39 is 11.3 Å². The zero-order valence-corrected chi connectivity index (χ0v) is 19.1. The van der Waals surface area contributed by atoms with Crippen molar-refractivity contribution in [3.05, 3.63) is 11.1 Å². The second kappa shape index (κ2) is 8.98. The lowest BCUT2D eigenvalue weighted by molar-refractivity contribution is -0.157. The van der Waals surface area contributed by atoms with E-state index in [2.05, 4.69) is 10.3 Å². The maximum Gasteiger partial charge on any atom is 0.239 e. The molecule has 0 aromatic carbocycles. The van der Waals surface area contributed by atoms with E-state index in [9.17, 15) is 19.6 Å². The molecule has 3 aliphatic rings. The molecule has 2 unspecified atom stereocenters. The van der Waals surface area contributed by atoms with Crippen molar-refractivity contribution < 1.29 is 19.6 Å². The average molecular weight is 448 g/mol. The van der Waals surface area contributed by atoms with E-state index in [0.717, 1.165) is 31.4 Å². The third-order valence-corrected chi connectivity index (χ3v) is 8.64. The second-order valence-corrected chi connectivity index (χ2v) is 10.9. The van der Waals surface area contributed by atoms with Crippen molar-refractivity contribution >= 4 is 34.6 Å². The van der Waals surface area contributed by atoms with Crippen molar-refractivity contribution in [2.45, 2.75) is 77.6 Å². The number of carbonyl (C=O) groups excluding carboxylic acids is 3. The molecule has 0 radical (unpaired) electrons. The summed E-state index contributed by atoms with van der Waals surface area (Å²) < 4.78 is 0. The number of hydrogen-bond acceptors (Lipinski definition) is 6. The Hall–Kier alpha value is -1.80. The van der Waals surface area contributed by atoms with Crippen LogP contribution in [-0.2, 0) is 14.4 Å². The molecule has 4 rings (SSSR count). The normalized spacial score (nSPS) is 25.5. The number of Topliss-reactive ketones (excluding diaryl/α,β-unsaturated/α-hetero) is 1. The summed E-state index contributed by atoms with van der Waals surface area (Å²) in [5.41, 5.74) is -0.145. The van der Waals surface area contributed by atoms with Crippen molar-refractivity contribution in [1.29, 1.82) is 0 Å². The highest BCUT2D eigenvalue weighted by Crippen LogP contribution is 2.64. The number of thiazole rings is 1. The summed E-state index contributed by atoms with van der Waals surface area (Å²) in [7, 11) is 0. The Balaban J connectivity index is 1.55. The molecule has 1 aromatic heterocycles. The van der Waals surface area contributed by atoms with Crippen LogP contribution in [0.1, 0.15) is 76.3 Å². The van der Waals surface area contributed by atoms with Crippen LogP contribution in [0.4, 0.5) is 5.13 Å². The summed E-state index contributed by atoms with van der Waals surface area (Å²) in [5.74, 6) is -0.313. The van der Waals surface area contributed by atoms with E-state index in [1.54, 1.807) is 0 Å². The maximum absolute atomic E-state index is 13.9. The number of ketones is 1. The molecule has 1 spiro atoms. The van der Waals surface area contributed by atoms with Gasteiger partial charge in [-0.1, -0.05) is 25.7 Å². The number of aromatic nitrogens is 1. The van der Waals surface area contributed by atoms with Gasteiger partial charge >= 0.3 is 0 Å². The highest BCUT2D eigenvalue weighted by Gasteiger charge is 2.61. The number of amides is 2.